The van der Waals surface area contributed by atoms with Crippen molar-refractivity contribution < 1.29 is 19.4 Å². The van der Waals surface area contributed by atoms with Gasteiger partial charge in [0.05, 0.1) is 19.1 Å². The zero-order valence-electron chi connectivity index (χ0n) is 10.6. The highest BCUT2D eigenvalue weighted by Gasteiger charge is 2.21. The van der Waals surface area contributed by atoms with Gasteiger partial charge in [-0.3, -0.25) is 4.79 Å². The maximum Gasteiger partial charge on any atom is 0.310 e. The van der Waals surface area contributed by atoms with Crippen molar-refractivity contribution in [2.45, 2.75) is 32.8 Å². The summed E-state index contributed by atoms with van der Waals surface area (Å²) in [7, 11) is 1.54. The van der Waals surface area contributed by atoms with Crippen LogP contribution in [-0.2, 0) is 4.79 Å². The van der Waals surface area contributed by atoms with E-state index in [4.69, 9.17) is 14.6 Å². The molecular formula is C13H18O4. The zero-order chi connectivity index (χ0) is 13.0. The van der Waals surface area contributed by atoms with Crippen LogP contribution in [0.15, 0.2) is 18.2 Å². The fourth-order valence-corrected chi connectivity index (χ4v) is 1.53. The molecule has 0 radical (unpaired) electrons. The predicted molar refractivity (Wildman–Crippen MR) is 64.8 cm³/mol. The summed E-state index contributed by atoms with van der Waals surface area (Å²) in [6.45, 7) is 5.41. The number of methoxy groups -OCH3 is 1. The van der Waals surface area contributed by atoms with Crippen molar-refractivity contribution >= 4 is 5.97 Å². The van der Waals surface area contributed by atoms with Gasteiger partial charge in [0.25, 0.3) is 0 Å². The Morgan fingerprint density at radius 3 is 2.41 bits per heavy atom. The van der Waals surface area contributed by atoms with Crippen molar-refractivity contribution in [2.24, 2.45) is 0 Å². The molecule has 17 heavy (non-hydrogen) atoms. The van der Waals surface area contributed by atoms with Gasteiger partial charge in [0.1, 0.15) is 0 Å². The van der Waals surface area contributed by atoms with Gasteiger partial charge in [0.15, 0.2) is 11.5 Å². The van der Waals surface area contributed by atoms with E-state index in [-0.39, 0.29) is 6.10 Å². The van der Waals surface area contributed by atoms with Gasteiger partial charge in [-0.15, -0.1) is 0 Å². The number of benzene rings is 1. The molecule has 1 N–H and O–H groups in total. The predicted octanol–water partition coefficient (Wildman–Crippen LogP) is 2.67. The number of carbonyl (C=O) groups is 1. The molecular weight excluding hydrogens is 220 g/mol. The average Bonchev–Trinajstić information content (AvgIpc) is 2.27. The summed E-state index contributed by atoms with van der Waals surface area (Å²) in [5, 5.41) is 9.06. The van der Waals surface area contributed by atoms with Crippen LogP contribution in [0.25, 0.3) is 0 Å². The van der Waals surface area contributed by atoms with Crippen LogP contribution in [0.2, 0.25) is 0 Å². The van der Waals surface area contributed by atoms with Crippen molar-refractivity contribution in [3.05, 3.63) is 23.8 Å². The van der Waals surface area contributed by atoms with Crippen LogP contribution in [0.5, 0.6) is 11.5 Å². The van der Waals surface area contributed by atoms with Crippen LogP contribution < -0.4 is 9.47 Å². The smallest absolute Gasteiger partial charge is 0.310 e. The Kier molecular flexibility index (Phi) is 4.37. The zero-order valence-corrected chi connectivity index (χ0v) is 10.6. The van der Waals surface area contributed by atoms with Gasteiger partial charge in [-0.2, -0.15) is 0 Å². The van der Waals surface area contributed by atoms with Gasteiger partial charge in [0, 0.05) is 5.56 Å². The maximum atomic E-state index is 11.0. The number of ether oxygens (including phenoxy) is 2. The van der Waals surface area contributed by atoms with E-state index in [2.05, 4.69) is 0 Å². The molecule has 0 heterocycles. The number of rotatable bonds is 5. The molecule has 4 heteroatoms. The molecule has 0 spiro atoms. The Morgan fingerprint density at radius 2 is 1.94 bits per heavy atom. The van der Waals surface area contributed by atoms with E-state index >= 15 is 0 Å². The van der Waals surface area contributed by atoms with Gasteiger partial charge < -0.3 is 14.6 Å². The highest BCUT2D eigenvalue weighted by Crippen LogP contribution is 2.36. The van der Waals surface area contributed by atoms with Gasteiger partial charge in [-0.1, -0.05) is 12.1 Å². The lowest BCUT2D eigenvalue weighted by molar-refractivity contribution is -0.138. The summed E-state index contributed by atoms with van der Waals surface area (Å²) < 4.78 is 10.8. The Morgan fingerprint density at radius 1 is 1.29 bits per heavy atom. The molecule has 94 valence electrons. The van der Waals surface area contributed by atoms with E-state index in [0.717, 1.165) is 0 Å². The Hall–Kier alpha value is -1.71. The fourth-order valence-electron chi connectivity index (χ4n) is 1.53. The topological polar surface area (TPSA) is 55.8 Å². The van der Waals surface area contributed by atoms with Crippen molar-refractivity contribution in [3.63, 3.8) is 0 Å². The first-order chi connectivity index (χ1) is 7.97. The second-order valence-electron chi connectivity index (χ2n) is 4.11. The van der Waals surface area contributed by atoms with E-state index in [9.17, 15) is 4.79 Å². The van der Waals surface area contributed by atoms with Crippen LogP contribution in [-0.4, -0.2) is 24.3 Å². The third kappa shape index (κ3) is 3.12. The van der Waals surface area contributed by atoms with Crippen LogP contribution in [0.3, 0.4) is 0 Å². The minimum absolute atomic E-state index is 0.0361. The molecule has 1 unspecified atom stereocenters. The molecule has 0 aliphatic heterocycles. The van der Waals surface area contributed by atoms with Crippen LogP contribution in [0, 0.1) is 0 Å². The summed E-state index contributed by atoms with van der Waals surface area (Å²) in [6, 6.07) is 5.27. The molecule has 0 saturated heterocycles. The molecule has 0 aliphatic carbocycles. The first kappa shape index (κ1) is 13.4. The Labute approximate surface area is 101 Å². The van der Waals surface area contributed by atoms with Crippen molar-refractivity contribution in [1.82, 2.24) is 0 Å². The van der Waals surface area contributed by atoms with E-state index in [0.29, 0.717) is 17.1 Å². The molecule has 0 fully saturated rings. The summed E-state index contributed by atoms with van der Waals surface area (Å²) in [5.74, 6) is -0.435. The molecule has 0 bridgehead atoms. The lowest BCUT2D eigenvalue weighted by atomic mass is 10.00. The summed E-state index contributed by atoms with van der Waals surface area (Å²) in [6.07, 6.45) is -0.0361. The number of carboxylic acid groups (broad SMARTS) is 1. The number of hydrogen-bond donors (Lipinski definition) is 1. The highest BCUT2D eigenvalue weighted by molar-refractivity contribution is 5.77. The number of aliphatic carboxylic acids is 1. The van der Waals surface area contributed by atoms with Crippen LogP contribution in [0.1, 0.15) is 32.3 Å². The van der Waals surface area contributed by atoms with Gasteiger partial charge in [-0.05, 0) is 26.8 Å². The van der Waals surface area contributed by atoms with Crippen molar-refractivity contribution in [2.75, 3.05) is 7.11 Å². The molecule has 0 amide bonds. The van der Waals surface area contributed by atoms with E-state index in [1.165, 1.54) is 7.11 Å². The highest BCUT2D eigenvalue weighted by atomic mass is 16.5. The number of hydrogen-bond acceptors (Lipinski definition) is 3. The molecule has 4 nitrogen and oxygen atoms in total. The third-order valence-corrected chi connectivity index (χ3v) is 2.42. The Bertz CT molecular complexity index is 398. The second kappa shape index (κ2) is 5.57. The number of carboxylic acids is 1. The summed E-state index contributed by atoms with van der Waals surface area (Å²) >= 11 is 0. The minimum atomic E-state index is -0.883. The molecule has 0 saturated carbocycles. The molecule has 0 aromatic heterocycles. The lowest BCUT2D eigenvalue weighted by Gasteiger charge is -2.19. The monoisotopic (exact) mass is 238 g/mol. The molecule has 1 atom stereocenters. The largest absolute Gasteiger partial charge is 0.493 e. The third-order valence-electron chi connectivity index (χ3n) is 2.42. The average molecular weight is 238 g/mol. The second-order valence-corrected chi connectivity index (χ2v) is 4.11. The van der Waals surface area contributed by atoms with E-state index < -0.39 is 11.9 Å². The molecule has 1 aromatic rings. The first-order valence-electron chi connectivity index (χ1n) is 5.53. The summed E-state index contributed by atoms with van der Waals surface area (Å²) in [4.78, 5) is 11.0. The van der Waals surface area contributed by atoms with E-state index in [1.54, 1.807) is 25.1 Å². The standard InChI is InChI=1S/C13H18O4/c1-8(2)17-12-10(9(3)13(14)15)6-5-7-11(12)16-4/h5-9H,1-4H3,(H,14,15). The van der Waals surface area contributed by atoms with Crippen molar-refractivity contribution in [1.29, 1.82) is 0 Å². The van der Waals surface area contributed by atoms with Gasteiger partial charge in [-0.25, -0.2) is 0 Å². The molecule has 1 aromatic carbocycles. The lowest BCUT2D eigenvalue weighted by Crippen LogP contribution is -2.13. The van der Waals surface area contributed by atoms with E-state index in [1.807, 2.05) is 13.8 Å². The normalized spacial score (nSPS) is 12.3. The molecule has 0 aliphatic rings. The van der Waals surface area contributed by atoms with Crippen LogP contribution >= 0.6 is 0 Å². The van der Waals surface area contributed by atoms with Crippen LogP contribution in [0.4, 0.5) is 0 Å². The summed E-state index contributed by atoms with van der Waals surface area (Å²) in [5.41, 5.74) is 0.630. The Balaban J connectivity index is 3.23. The SMILES string of the molecule is COc1cccc(C(C)C(=O)O)c1OC(C)C. The minimum Gasteiger partial charge on any atom is -0.493 e. The van der Waals surface area contributed by atoms with Crippen molar-refractivity contribution in [3.8, 4) is 11.5 Å². The quantitative estimate of drug-likeness (QED) is 0.856. The van der Waals surface area contributed by atoms with Gasteiger partial charge >= 0.3 is 5.97 Å². The fraction of sp³-hybridized carbons (Fsp3) is 0.462. The molecule has 1 rings (SSSR count). The van der Waals surface area contributed by atoms with Gasteiger partial charge in [0.2, 0.25) is 0 Å². The number of para-hydroxylation sites is 1. The maximum absolute atomic E-state index is 11.0. The first-order valence-corrected chi connectivity index (χ1v) is 5.53.